The first-order valence-electron chi connectivity index (χ1n) is 6.10. The van der Waals surface area contributed by atoms with Gasteiger partial charge >= 0.3 is 0 Å². The Bertz CT molecular complexity index is 424. The number of Topliss-reactive ketones (excluding diaryl/α,β-unsaturated/α-hetero) is 1. The zero-order chi connectivity index (χ0) is 13.0. The van der Waals surface area contributed by atoms with Crippen LogP contribution in [0.15, 0.2) is 18.2 Å². The van der Waals surface area contributed by atoms with Crippen molar-refractivity contribution in [3.8, 4) is 11.5 Å². The molecule has 0 saturated carbocycles. The van der Waals surface area contributed by atoms with Crippen molar-refractivity contribution < 1.29 is 19.0 Å². The van der Waals surface area contributed by atoms with Crippen LogP contribution in [0.2, 0.25) is 0 Å². The first-order chi connectivity index (χ1) is 8.69. The molecular weight excluding hydrogens is 232 g/mol. The summed E-state index contributed by atoms with van der Waals surface area (Å²) in [6.07, 6.45) is 1.52. The number of ketones is 1. The van der Waals surface area contributed by atoms with Gasteiger partial charge in [0.2, 0.25) is 0 Å². The molecule has 1 aromatic rings. The minimum Gasteiger partial charge on any atom is -0.493 e. The van der Waals surface area contributed by atoms with E-state index in [1.165, 1.54) is 0 Å². The van der Waals surface area contributed by atoms with Crippen molar-refractivity contribution in [3.05, 3.63) is 23.8 Å². The van der Waals surface area contributed by atoms with Gasteiger partial charge in [0, 0.05) is 6.42 Å². The van der Waals surface area contributed by atoms with Gasteiger partial charge in [0.15, 0.2) is 11.5 Å². The molecule has 1 atom stereocenters. The molecule has 1 aliphatic heterocycles. The van der Waals surface area contributed by atoms with Crippen molar-refractivity contribution in [3.63, 3.8) is 0 Å². The quantitative estimate of drug-likeness (QED) is 0.694. The van der Waals surface area contributed by atoms with Gasteiger partial charge in [0.25, 0.3) is 0 Å². The highest BCUT2D eigenvalue weighted by atomic mass is 16.6. The van der Waals surface area contributed by atoms with E-state index < -0.39 is 0 Å². The molecule has 1 heterocycles. The Kier molecular flexibility index (Phi) is 4.20. The standard InChI is InChI=1S/C14H18O4/c1-10(15)3-4-11-5-6-13(14(7-11)16-2)18-9-12-8-17-12/h5-7,12H,3-4,8-9H2,1-2H3. The fourth-order valence-electron chi connectivity index (χ4n) is 1.65. The van der Waals surface area contributed by atoms with Gasteiger partial charge < -0.3 is 19.0 Å². The highest BCUT2D eigenvalue weighted by Crippen LogP contribution is 2.29. The average molecular weight is 250 g/mol. The number of hydrogen-bond donors (Lipinski definition) is 0. The molecule has 4 heteroatoms. The van der Waals surface area contributed by atoms with Crippen molar-refractivity contribution in [2.45, 2.75) is 25.9 Å². The summed E-state index contributed by atoms with van der Waals surface area (Å²) in [4.78, 5) is 11.0. The summed E-state index contributed by atoms with van der Waals surface area (Å²) in [5.74, 6) is 1.62. The predicted octanol–water partition coefficient (Wildman–Crippen LogP) is 1.99. The molecule has 98 valence electrons. The van der Waals surface area contributed by atoms with Crippen LogP contribution in [0.25, 0.3) is 0 Å². The number of carbonyl (C=O) groups excluding carboxylic acids is 1. The SMILES string of the molecule is COc1cc(CCC(C)=O)ccc1OCC1CO1. The molecule has 0 amide bonds. The Balaban J connectivity index is 1.99. The summed E-state index contributed by atoms with van der Waals surface area (Å²) in [7, 11) is 1.62. The first-order valence-corrected chi connectivity index (χ1v) is 6.10. The van der Waals surface area contributed by atoms with Gasteiger partial charge in [0.1, 0.15) is 18.5 Å². The zero-order valence-corrected chi connectivity index (χ0v) is 10.8. The lowest BCUT2D eigenvalue weighted by molar-refractivity contribution is -0.116. The Morgan fingerprint density at radius 3 is 2.83 bits per heavy atom. The number of methoxy groups -OCH3 is 1. The minimum atomic E-state index is 0.195. The maximum Gasteiger partial charge on any atom is 0.161 e. The van der Waals surface area contributed by atoms with Crippen molar-refractivity contribution in [2.24, 2.45) is 0 Å². The van der Waals surface area contributed by atoms with Gasteiger partial charge in [-0.1, -0.05) is 6.07 Å². The number of aryl methyl sites for hydroxylation is 1. The van der Waals surface area contributed by atoms with Crippen LogP contribution in [0, 0.1) is 0 Å². The minimum absolute atomic E-state index is 0.195. The van der Waals surface area contributed by atoms with Gasteiger partial charge in [-0.3, -0.25) is 0 Å². The van der Waals surface area contributed by atoms with Gasteiger partial charge in [-0.15, -0.1) is 0 Å². The first kappa shape index (κ1) is 12.9. The summed E-state index contributed by atoms with van der Waals surface area (Å²) in [5, 5.41) is 0. The summed E-state index contributed by atoms with van der Waals surface area (Å²) in [6, 6.07) is 5.78. The van der Waals surface area contributed by atoms with E-state index in [1.54, 1.807) is 14.0 Å². The molecule has 2 rings (SSSR count). The fourth-order valence-corrected chi connectivity index (χ4v) is 1.65. The maximum absolute atomic E-state index is 11.0. The van der Waals surface area contributed by atoms with Crippen LogP contribution in [0.5, 0.6) is 11.5 Å². The Hall–Kier alpha value is -1.55. The largest absolute Gasteiger partial charge is 0.493 e. The van der Waals surface area contributed by atoms with Gasteiger partial charge in [-0.05, 0) is 31.0 Å². The smallest absolute Gasteiger partial charge is 0.161 e. The van der Waals surface area contributed by atoms with E-state index in [0.717, 1.165) is 24.3 Å². The molecule has 1 saturated heterocycles. The second-order valence-corrected chi connectivity index (χ2v) is 4.45. The third kappa shape index (κ3) is 3.74. The molecule has 0 radical (unpaired) electrons. The number of epoxide rings is 1. The van der Waals surface area contributed by atoms with E-state index in [-0.39, 0.29) is 11.9 Å². The number of hydrogen-bond acceptors (Lipinski definition) is 4. The molecule has 0 aliphatic carbocycles. The van der Waals surface area contributed by atoms with Crippen LogP contribution < -0.4 is 9.47 Å². The van der Waals surface area contributed by atoms with E-state index >= 15 is 0 Å². The lowest BCUT2D eigenvalue weighted by Crippen LogP contribution is -2.05. The monoisotopic (exact) mass is 250 g/mol. The zero-order valence-electron chi connectivity index (χ0n) is 10.8. The molecule has 1 aliphatic rings. The van der Waals surface area contributed by atoms with Crippen LogP contribution in [0.4, 0.5) is 0 Å². The summed E-state index contributed by atoms with van der Waals surface area (Å²) in [5.41, 5.74) is 1.08. The van der Waals surface area contributed by atoms with Gasteiger partial charge in [0.05, 0.1) is 13.7 Å². The molecular formula is C14H18O4. The summed E-state index contributed by atoms with van der Waals surface area (Å²) in [6.45, 7) is 2.94. The lowest BCUT2D eigenvalue weighted by atomic mass is 10.1. The molecule has 1 unspecified atom stereocenters. The molecule has 0 bridgehead atoms. The molecule has 0 spiro atoms. The van der Waals surface area contributed by atoms with E-state index in [0.29, 0.717) is 18.8 Å². The van der Waals surface area contributed by atoms with Crippen molar-refractivity contribution in [1.82, 2.24) is 0 Å². The molecule has 1 aromatic carbocycles. The van der Waals surface area contributed by atoms with Gasteiger partial charge in [-0.25, -0.2) is 0 Å². The van der Waals surface area contributed by atoms with Crippen LogP contribution in [0.3, 0.4) is 0 Å². The highest BCUT2D eigenvalue weighted by Gasteiger charge is 2.23. The third-order valence-electron chi connectivity index (χ3n) is 2.82. The number of rotatable bonds is 7. The summed E-state index contributed by atoms with van der Waals surface area (Å²) >= 11 is 0. The second-order valence-electron chi connectivity index (χ2n) is 4.45. The molecule has 4 nitrogen and oxygen atoms in total. The van der Waals surface area contributed by atoms with E-state index in [9.17, 15) is 4.79 Å². The molecule has 1 fully saturated rings. The number of carbonyl (C=O) groups is 1. The Labute approximate surface area is 107 Å². The molecule has 18 heavy (non-hydrogen) atoms. The van der Waals surface area contributed by atoms with Crippen molar-refractivity contribution >= 4 is 5.78 Å². The molecule has 0 aromatic heterocycles. The normalized spacial score (nSPS) is 17.3. The van der Waals surface area contributed by atoms with E-state index in [4.69, 9.17) is 14.2 Å². The van der Waals surface area contributed by atoms with Crippen molar-refractivity contribution in [1.29, 1.82) is 0 Å². The molecule has 0 N–H and O–H groups in total. The third-order valence-corrected chi connectivity index (χ3v) is 2.82. The lowest BCUT2D eigenvalue weighted by Gasteiger charge is -2.11. The topological polar surface area (TPSA) is 48.1 Å². The predicted molar refractivity (Wildman–Crippen MR) is 67.2 cm³/mol. The Morgan fingerprint density at radius 2 is 2.22 bits per heavy atom. The van der Waals surface area contributed by atoms with Crippen LogP contribution in [0.1, 0.15) is 18.9 Å². The Morgan fingerprint density at radius 1 is 1.44 bits per heavy atom. The van der Waals surface area contributed by atoms with Gasteiger partial charge in [-0.2, -0.15) is 0 Å². The van der Waals surface area contributed by atoms with Crippen molar-refractivity contribution in [2.75, 3.05) is 20.3 Å². The second kappa shape index (κ2) is 5.87. The van der Waals surface area contributed by atoms with E-state index in [1.807, 2.05) is 18.2 Å². The summed E-state index contributed by atoms with van der Waals surface area (Å²) < 4.78 is 16.0. The van der Waals surface area contributed by atoms with Crippen LogP contribution in [-0.2, 0) is 16.0 Å². The average Bonchev–Trinajstić information content (AvgIpc) is 3.18. The fraction of sp³-hybridized carbons (Fsp3) is 0.500. The number of benzene rings is 1. The van der Waals surface area contributed by atoms with Crippen LogP contribution >= 0.6 is 0 Å². The van der Waals surface area contributed by atoms with Crippen LogP contribution in [-0.4, -0.2) is 32.2 Å². The highest BCUT2D eigenvalue weighted by molar-refractivity contribution is 5.75. The number of ether oxygens (including phenoxy) is 3. The maximum atomic E-state index is 11.0. The van der Waals surface area contributed by atoms with E-state index in [2.05, 4.69) is 0 Å².